The van der Waals surface area contributed by atoms with Crippen molar-refractivity contribution >= 4 is 31.3 Å². The first-order valence-corrected chi connectivity index (χ1v) is 10.5. The fourth-order valence-electron chi connectivity index (χ4n) is 2.39. The predicted molar refractivity (Wildman–Crippen MR) is 97.1 cm³/mol. The van der Waals surface area contributed by atoms with Gasteiger partial charge in [0.2, 0.25) is 0 Å². The molecule has 24 heavy (non-hydrogen) atoms. The van der Waals surface area contributed by atoms with Gasteiger partial charge in [-0.15, -0.1) is 0 Å². The number of anilines is 1. The van der Waals surface area contributed by atoms with E-state index in [2.05, 4.69) is 10.6 Å². The number of benzene rings is 2. The summed E-state index contributed by atoms with van der Waals surface area (Å²) in [7, 11) is 0. The van der Waals surface area contributed by atoms with Crippen molar-refractivity contribution in [2.24, 2.45) is 0 Å². The number of rotatable bonds is 7. The number of nitrogens with one attached hydrogen (secondary N) is 2. The van der Waals surface area contributed by atoms with Crippen LogP contribution in [0.1, 0.15) is 19.4 Å². The molecule has 0 aliphatic rings. The summed E-state index contributed by atoms with van der Waals surface area (Å²) in [6.07, 6.45) is 0.603. The molecule has 2 aromatic rings. The Morgan fingerprint density at radius 2 is 1.67 bits per heavy atom. The van der Waals surface area contributed by atoms with Gasteiger partial charge in [0.05, 0.1) is 0 Å². The number of carbonyl (C=O) groups excluding carboxylic acids is 1. The van der Waals surface area contributed by atoms with Gasteiger partial charge < -0.3 is 0 Å². The summed E-state index contributed by atoms with van der Waals surface area (Å²) in [5.41, 5.74) is 1.74. The third-order valence-electron chi connectivity index (χ3n) is 3.50. The van der Waals surface area contributed by atoms with Crippen LogP contribution in [-0.2, 0) is 11.2 Å². The van der Waals surface area contributed by atoms with Gasteiger partial charge in [-0.3, -0.25) is 0 Å². The molecule has 0 heterocycles. The van der Waals surface area contributed by atoms with Crippen LogP contribution in [0.2, 0.25) is 0 Å². The molecule has 2 aromatic carbocycles. The summed E-state index contributed by atoms with van der Waals surface area (Å²) >= 11 is -2.86. The van der Waals surface area contributed by atoms with Gasteiger partial charge in [-0.05, 0) is 0 Å². The van der Waals surface area contributed by atoms with Crippen LogP contribution in [0.3, 0.4) is 0 Å². The Morgan fingerprint density at radius 3 is 2.21 bits per heavy atom. The molecule has 0 saturated heterocycles. The maximum absolute atomic E-state index is 12.6. The molecule has 1 amide bonds. The minimum absolute atomic E-state index is 0.109. The summed E-state index contributed by atoms with van der Waals surface area (Å²) in [6.45, 7) is 4.02. The van der Waals surface area contributed by atoms with Gasteiger partial charge in [-0.1, -0.05) is 0 Å². The molecular formula is C18H23AsN2O3. The fourth-order valence-corrected chi connectivity index (χ4v) is 3.26. The van der Waals surface area contributed by atoms with Crippen molar-refractivity contribution < 1.29 is 13.0 Å². The third kappa shape index (κ3) is 5.77. The molecule has 5 nitrogen and oxygen atoms in total. The number of carbonyl (C=O) groups is 1. The van der Waals surface area contributed by atoms with Crippen molar-refractivity contribution in [3.05, 3.63) is 60.2 Å². The molecule has 0 fully saturated rings. The van der Waals surface area contributed by atoms with Crippen LogP contribution in [0.4, 0.5) is 5.69 Å². The summed E-state index contributed by atoms with van der Waals surface area (Å²) in [5.74, 6) is -0.109. The third-order valence-corrected chi connectivity index (χ3v) is 5.09. The van der Waals surface area contributed by atoms with Crippen LogP contribution < -0.4 is 15.0 Å². The second kappa shape index (κ2) is 8.99. The van der Waals surface area contributed by atoms with Gasteiger partial charge >= 0.3 is 147 Å². The van der Waals surface area contributed by atoms with E-state index in [9.17, 15) is 13.0 Å². The first-order chi connectivity index (χ1) is 11.5. The summed E-state index contributed by atoms with van der Waals surface area (Å²) in [4.78, 5) is 12.6. The average molecular weight is 390 g/mol. The second-order valence-electron chi connectivity index (χ2n) is 5.89. The van der Waals surface area contributed by atoms with Gasteiger partial charge in [-0.25, -0.2) is 0 Å². The van der Waals surface area contributed by atoms with Crippen molar-refractivity contribution in [3.63, 3.8) is 0 Å². The Hall–Kier alpha value is -1.65. The molecule has 6 heteroatoms. The van der Waals surface area contributed by atoms with Crippen LogP contribution in [0, 0.1) is 0 Å². The van der Waals surface area contributed by atoms with Crippen LogP contribution in [0.15, 0.2) is 54.6 Å². The van der Waals surface area contributed by atoms with Gasteiger partial charge in [0.1, 0.15) is 0 Å². The van der Waals surface area contributed by atoms with Crippen molar-refractivity contribution in [2.45, 2.75) is 32.4 Å². The predicted octanol–water partition coefficient (Wildman–Crippen LogP) is 0.914. The van der Waals surface area contributed by atoms with E-state index < -0.39 is 15.3 Å². The van der Waals surface area contributed by atoms with Crippen molar-refractivity contribution in [3.8, 4) is 0 Å². The second-order valence-corrected chi connectivity index (χ2v) is 8.19. The van der Waals surface area contributed by atoms with Crippen molar-refractivity contribution in [1.29, 1.82) is 0 Å². The minimum atomic E-state index is -2.86. The molecule has 0 radical (unpaired) electrons. The zero-order valence-corrected chi connectivity index (χ0v) is 15.7. The SMILES string of the molecule is CC(C)N[C@@H](Cc1ccccc1)C(=O)Nc1ccc([As](O)O)cc1. The summed E-state index contributed by atoms with van der Waals surface area (Å²) < 4.78 is 19.0. The maximum atomic E-state index is 12.6. The van der Waals surface area contributed by atoms with Crippen LogP contribution >= 0.6 is 0 Å². The molecule has 2 rings (SSSR count). The molecule has 0 spiro atoms. The number of amides is 1. The van der Waals surface area contributed by atoms with Crippen molar-refractivity contribution in [1.82, 2.24) is 5.32 Å². The molecular weight excluding hydrogens is 367 g/mol. The van der Waals surface area contributed by atoms with E-state index >= 15 is 0 Å². The molecule has 0 saturated carbocycles. The summed E-state index contributed by atoms with van der Waals surface area (Å²) in [6, 6.07) is 16.4. The molecule has 128 valence electrons. The molecule has 0 aliphatic heterocycles. The van der Waals surface area contributed by atoms with Gasteiger partial charge in [0, 0.05) is 0 Å². The quantitative estimate of drug-likeness (QED) is 0.530. The Labute approximate surface area is 147 Å². The zero-order chi connectivity index (χ0) is 17.5. The molecule has 1 atom stereocenters. The van der Waals surface area contributed by atoms with E-state index in [4.69, 9.17) is 0 Å². The molecule has 4 N–H and O–H groups in total. The fraction of sp³-hybridized carbons (Fsp3) is 0.278. The number of hydrogen-bond donors (Lipinski definition) is 4. The molecule has 0 bridgehead atoms. The van der Waals surface area contributed by atoms with Crippen LogP contribution in [0.25, 0.3) is 0 Å². The normalized spacial score (nSPS) is 12.4. The summed E-state index contributed by atoms with van der Waals surface area (Å²) in [5, 5.41) is 6.18. The van der Waals surface area contributed by atoms with E-state index in [1.165, 1.54) is 0 Å². The van der Waals surface area contributed by atoms with Crippen LogP contribution in [0.5, 0.6) is 0 Å². The molecule has 0 unspecified atom stereocenters. The average Bonchev–Trinajstić information content (AvgIpc) is 2.55. The van der Waals surface area contributed by atoms with Gasteiger partial charge in [0.15, 0.2) is 0 Å². The Morgan fingerprint density at radius 1 is 1.04 bits per heavy atom. The first-order valence-electron chi connectivity index (χ1n) is 7.84. The van der Waals surface area contributed by atoms with Gasteiger partial charge in [0.25, 0.3) is 0 Å². The van der Waals surface area contributed by atoms with Crippen molar-refractivity contribution in [2.75, 3.05) is 5.32 Å². The first kappa shape index (κ1) is 18.7. The Balaban J connectivity index is 2.06. The number of hydrogen-bond acceptors (Lipinski definition) is 4. The standard InChI is InChI=1S/C18H23AsN2O3/c1-13(2)20-17(12-14-6-4-3-5-7-14)18(22)21-16-10-8-15(9-11-16)19(23)24/h3-11,13,17,20,23-24H,12H2,1-2H3,(H,21,22)/t17-/m0/s1. The van der Waals surface area contributed by atoms with Gasteiger partial charge in [-0.2, -0.15) is 0 Å². The van der Waals surface area contributed by atoms with E-state index in [-0.39, 0.29) is 18.0 Å². The molecule has 0 aliphatic carbocycles. The Kier molecular flexibility index (Phi) is 7.00. The van der Waals surface area contributed by atoms with E-state index in [0.717, 1.165) is 5.56 Å². The van der Waals surface area contributed by atoms with E-state index in [1.54, 1.807) is 24.3 Å². The van der Waals surface area contributed by atoms with E-state index in [1.807, 2.05) is 44.2 Å². The monoisotopic (exact) mass is 390 g/mol. The topological polar surface area (TPSA) is 81.6 Å². The van der Waals surface area contributed by atoms with E-state index in [0.29, 0.717) is 16.5 Å². The Bertz CT molecular complexity index is 645. The zero-order valence-electron chi connectivity index (χ0n) is 13.8. The van der Waals surface area contributed by atoms with Crippen LogP contribution in [-0.4, -0.2) is 41.5 Å². The molecule has 0 aromatic heterocycles.